The van der Waals surface area contributed by atoms with E-state index in [1.807, 2.05) is 0 Å². The molecular weight excluding hydrogens is 208 g/mol. The molecule has 1 atom stereocenters. The van der Waals surface area contributed by atoms with Crippen molar-refractivity contribution < 1.29 is 0 Å². The van der Waals surface area contributed by atoms with E-state index in [1.165, 1.54) is 58.3 Å². The molecule has 1 saturated carbocycles. The van der Waals surface area contributed by atoms with E-state index in [0.29, 0.717) is 5.41 Å². The summed E-state index contributed by atoms with van der Waals surface area (Å²) in [4.78, 5) is 2.64. The highest BCUT2D eigenvalue weighted by Gasteiger charge is 2.29. The lowest BCUT2D eigenvalue weighted by Gasteiger charge is -2.39. The Morgan fingerprint density at radius 2 is 1.94 bits per heavy atom. The summed E-state index contributed by atoms with van der Waals surface area (Å²) in [5, 5.41) is 3.68. The second-order valence-corrected chi connectivity index (χ2v) is 6.59. The summed E-state index contributed by atoms with van der Waals surface area (Å²) in [5.74, 6) is 0.986. The Labute approximate surface area is 107 Å². The van der Waals surface area contributed by atoms with Gasteiger partial charge in [0.15, 0.2) is 0 Å². The van der Waals surface area contributed by atoms with Gasteiger partial charge in [-0.1, -0.05) is 20.3 Å². The van der Waals surface area contributed by atoms with Crippen LogP contribution in [-0.4, -0.2) is 37.1 Å². The van der Waals surface area contributed by atoms with Crippen LogP contribution in [0.25, 0.3) is 0 Å². The predicted molar refractivity (Wildman–Crippen MR) is 74.3 cm³/mol. The SMILES string of the molecule is CCC1(C)CCN(CCNC(C)C2CC2)CC1. The summed E-state index contributed by atoms with van der Waals surface area (Å²) >= 11 is 0. The molecule has 0 spiro atoms. The normalized spacial score (nSPS) is 27.0. The molecule has 1 unspecified atom stereocenters. The van der Waals surface area contributed by atoms with Gasteiger partial charge in [-0.05, 0) is 57.0 Å². The zero-order valence-corrected chi connectivity index (χ0v) is 12.0. The van der Waals surface area contributed by atoms with E-state index in [9.17, 15) is 0 Å². The highest BCUT2D eigenvalue weighted by atomic mass is 15.1. The molecule has 0 radical (unpaired) electrons. The smallest absolute Gasteiger partial charge is 0.0107 e. The maximum atomic E-state index is 3.68. The molecule has 1 heterocycles. The lowest BCUT2D eigenvalue weighted by Crippen LogP contribution is -2.42. The van der Waals surface area contributed by atoms with Gasteiger partial charge in [0.2, 0.25) is 0 Å². The molecule has 2 heteroatoms. The fourth-order valence-electron chi connectivity index (χ4n) is 2.88. The van der Waals surface area contributed by atoms with Crippen LogP contribution in [0.3, 0.4) is 0 Å². The standard InChI is InChI=1S/C15H30N2/c1-4-15(3)7-10-17(11-8-15)12-9-16-13(2)14-5-6-14/h13-14,16H,4-12H2,1-3H3. The summed E-state index contributed by atoms with van der Waals surface area (Å²) in [5.41, 5.74) is 0.630. The first kappa shape index (κ1) is 13.4. The van der Waals surface area contributed by atoms with Crippen molar-refractivity contribution in [1.29, 1.82) is 0 Å². The first-order valence-corrected chi connectivity index (χ1v) is 7.59. The molecule has 1 saturated heterocycles. The zero-order chi connectivity index (χ0) is 12.3. The number of rotatable bonds is 6. The molecule has 2 nitrogen and oxygen atoms in total. The van der Waals surface area contributed by atoms with Crippen molar-refractivity contribution in [3.8, 4) is 0 Å². The molecule has 2 fully saturated rings. The van der Waals surface area contributed by atoms with Gasteiger partial charge in [-0.15, -0.1) is 0 Å². The average molecular weight is 238 g/mol. The molecule has 2 aliphatic rings. The highest BCUT2D eigenvalue weighted by molar-refractivity contribution is 4.84. The van der Waals surface area contributed by atoms with Crippen molar-refractivity contribution in [1.82, 2.24) is 10.2 Å². The monoisotopic (exact) mass is 238 g/mol. The molecule has 0 aromatic rings. The molecule has 0 amide bonds. The topological polar surface area (TPSA) is 15.3 Å². The number of hydrogen-bond donors (Lipinski definition) is 1. The van der Waals surface area contributed by atoms with Gasteiger partial charge in [-0.2, -0.15) is 0 Å². The number of hydrogen-bond acceptors (Lipinski definition) is 2. The van der Waals surface area contributed by atoms with Crippen molar-refractivity contribution >= 4 is 0 Å². The Bertz CT molecular complexity index is 227. The van der Waals surface area contributed by atoms with E-state index in [0.717, 1.165) is 12.0 Å². The van der Waals surface area contributed by atoms with Crippen LogP contribution in [0.2, 0.25) is 0 Å². The Morgan fingerprint density at radius 1 is 1.29 bits per heavy atom. The zero-order valence-electron chi connectivity index (χ0n) is 12.0. The van der Waals surface area contributed by atoms with E-state index in [2.05, 4.69) is 31.0 Å². The predicted octanol–water partition coefficient (Wildman–Crippen LogP) is 2.89. The van der Waals surface area contributed by atoms with Crippen molar-refractivity contribution in [3.63, 3.8) is 0 Å². The second-order valence-electron chi connectivity index (χ2n) is 6.59. The summed E-state index contributed by atoms with van der Waals surface area (Å²) in [6.45, 7) is 12.2. The maximum absolute atomic E-state index is 3.68. The van der Waals surface area contributed by atoms with Gasteiger partial charge < -0.3 is 10.2 Å². The molecule has 17 heavy (non-hydrogen) atoms. The lowest BCUT2D eigenvalue weighted by atomic mass is 9.78. The first-order chi connectivity index (χ1) is 8.13. The Balaban J connectivity index is 1.58. The maximum Gasteiger partial charge on any atom is 0.0107 e. The van der Waals surface area contributed by atoms with E-state index in [-0.39, 0.29) is 0 Å². The van der Waals surface area contributed by atoms with E-state index in [4.69, 9.17) is 0 Å². The minimum atomic E-state index is 0.630. The molecule has 100 valence electrons. The van der Waals surface area contributed by atoms with E-state index >= 15 is 0 Å². The van der Waals surface area contributed by atoms with E-state index < -0.39 is 0 Å². The third-order valence-electron chi connectivity index (χ3n) is 5.14. The van der Waals surface area contributed by atoms with Crippen molar-refractivity contribution in [2.24, 2.45) is 11.3 Å². The van der Waals surface area contributed by atoms with Crippen molar-refractivity contribution in [2.45, 2.75) is 58.9 Å². The first-order valence-electron chi connectivity index (χ1n) is 7.59. The van der Waals surface area contributed by atoms with Crippen LogP contribution in [0, 0.1) is 11.3 Å². The molecule has 2 rings (SSSR count). The molecule has 0 aromatic heterocycles. The second kappa shape index (κ2) is 5.71. The largest absolute Gasteiger partial charge is 0.313 e. The molecule has 0 aromatic carbocycles. The molecule has 0 bridgehead atoms. The summed E-state index contributed by atoms with van der Waals surface area (Å²) in [6.07, 6.45) is 7.03. The van der Waals surface area contributed by atoms with Crippen LogP contribution in [0.5, 0.6) is 0 Å². The third-order valence-corrected chi connectivity index (χ3v) is 5.14. The van der Waals surface area contributed by atoms with Crippen LogP contribution in [-0.2, 0) is 0 Å². The fraction of sp³-hybridized carbons (Fsp3) is 1.00. The Hall–Kier alpha value is -0.0800. The van der Waals surface area contributed by atoms with Gasteiger partial charge in [0.25, 0.3) is 0 Å². The Morgan fingerprint density at radius 3 is 2.47 bits per heavy atom. The number of nitrogens with zero attached hydrogens (tertiary/aromatic N) is 1. The number of nitrogens with one attached hydrogen (secondary N) is 1. The minimum absolute atomic E-state index is 0.630. The van der Waals surface area contributed by atoms with Crippen molar-refractivity contribution in [2.75, 3.05) is 26.2 Å². The molecular formula is C15H30N2. The number of likely N-dealkylation sites (tertiary alicyclic amines) is 1. The fourth-order valence-corrected chi connectivity index (χ4v) is 2.88. The van der Waals surface area contributed by atoms with Gasteiger partial charge >= 0.3 is 0 Å². The molecule has 1 aliphatic heterocycles. The van der Waals surface area contributed by atoms with E-state index in [1.54, 1.807) is 0 Å². The van der Waals surface area contributed by atoms with Gasteiger partial charge in [0, 0.05) is 19.1 Å². The van der Waals surface area contributed by atoms with Crippen LogP contribution < -0.4 is 5.32 Å². The van der Waals surface area contributed by atoms with Crippen LogP contribution >= 0.6 is 0 Å². The highest BCUT2D eigenvalue weighted by Crippen LogP contribution is 2.34. The average Bonchev–Trinajstić information content (AvgIpc) is 3.16. The Kier molecular flexibility index (Phi) is 4.48. The lowest BCUT2D eigenvalue weighted by molar-refractivity contribution is 0.114. The minimum Gasteiger partial charge on any atom is -0.313 e. The van der Waals surface area contributed by atoms with Crippen molar-refractivity contribution in [3.05, 3.63) is 0 Å². The third kappa shape index (κ3) is 3.96. The quantitative estimate of drug-likeness (QED) is 0.765. The van der Waals surface area contributed by atoms with Gasteiger partial charge in [-0.3, -0.25) is 0 Å². The van der Waals surface area contributed by atoms with Crippen LogP contribution in [0.4, 0.5) is 0 Å². The molecule has 1 aliphatic carbocycles. The van der Waals surface area contributed by atoms with Gasteiger partial charge in [0.1, 0.15) is 0 Å². The summed E-state index contributed by atoms with van der Waals surface area (Å²) in [6, 6.07) is 0.751. The van der Waals surface area contributed by atoms with Gasteiger partial charge in [-0.25, -0.2) is 0 Å². The molecule has 1 N–H and O–H groups in total. The van der Waals surface area contributed by atoms with Crippen LogP contribution in [0.1, 0.15) is 52.9 Å². The van der Waals surface area contributed by atoms with Crippen LogP contribution in [0.15, 0.2) is 0 Å². The number of piperidine rings is 1. The summed E-state index contributed by atoms with van der Waals surface area (Å²) in [7, 11) is 0. The summed E-state index contributed by atoms with van der Waals surface area (Å²) < 4.78 is 0. The van der Waals surface area contributed by atoms with Gasteiger partial charge in [0.05, 0.1) is 0 Å².